The van der Waals surface area contributed by atoms with Gasteiger partial charge in [-0.3, -0.25) is 4.79 Å². The first-order chi connectivity index (χ1) is 13.6. The Morgan fingerprint density at radius 2 is 1.86 bits per heavy atom. The number of nitrogens with zero attached hydrogens (tertiary/aromatic N) is 1. The van der Waals surface area contributed by atoms with Gasteiger partial charge in [0, 0.05) is 19.5 Å². The van der Waals surface area contributed by atoms with Crippen LogP contribution >= 0.6 is 0 Å². The molecule has 0 saturated carbocycles. The van der Waals surface area contributed by atoms with Crippen molar-refractivity contribution in [3.05, 3.63) is 47.8 Å². The highest BCUT2D eigenvalue weighted by Crippen LogP contribution is 2.29. The molecular formula is C21H25FN2O4. The van der Waals surface area contributed by atoms with E-state index in [1.807, 2.05) is 18.2 Å². The zero-order chi connectivity index (χ0) is 19.9. The Morgan fingerprint density at radius 3 is 2.57 bits per heavy atom. The number of methoxy groups -OCH3 is 2. The summed E-state index contributed by atoms with van der Waals surface area (Å²) in [6.07, 6.45) is 0.808. The van der Waals surface area contributed by atoms with E-state index in [2.05, 4.69) is 10.2 Å². The predicted molar refractivity (Wildman–Crippen MR) is 106 cm³/mol. The summed E-state index contributed by atoms with van der Waals surface area (Å²) in [6.45, 7) is 2.65. The molecule has 28 heavy (non-hydrogen) atoms. The standard InChI is InChI=1S/C21H25FN2O4/c1-26-19-7-3-15(13-20(19)27-2)4-8-21(25)23-17-14-16(22)5-6-18(17)24-9-11-28-12-10-24/h3,5-7,13-14H,4,8-12H2,1-2H3,(H,23,25). The Balaban J connectivity index is 1.65. The molecule has 0 spiro atoms. The molecule has 7 heteroatoms. The van der Waals surface area contributed by atoms with Gasteiger partial charge in [0.2, 0.25) is 5.91 Å². The molecule has 1 aliphatic rings. The lowest BCUT2D eigenvalue weighted by Gasteiger charge is -2.30. The number of amides is 1. The zero-order valence-corrected chi connectivity index (χ0v) is 16.2. The second kappa shape index (κ2) is 9.41. The van der Waals surface area contributed by atoms with Gasteiger partial charge in [-0.1, -0.05) is 6.07 Å². The van der Waals surface area contributed by atoms with Gasteiger partial charge in [0.1, 0.15) is 5.82 Å². The van der Waals surface area contributed by atoms with Crippen LogP contribution in [0.4, 0.5) is 15.8 Å². The van der Waals surface area contributed by atoms with Gasteiger partial charge in [-0.25, -0.2) is 4.39 Å². The van der Waals surface area contributed by atoms with Crippen molar-refractivity contribution in [2.45, 2.75) is 12.8 Å². The number of ether oxygens (including phenoxy) is 3. The van der Waals surface area contributed by atoms with Crippen molar-refractivity contribution in [3.63, 3.8) is 0 Å². The molecule has 2 aromatic rings. The van der Waals surface area contributed by atoms with E-state index in [9.17, 15) is 9.18 Å². The molecule has 0 unspecified atom stereocenters. The van der Waals surface area contributed by atoms with E-state index >= 15 is 0 Å². The molecule has 1 saturated heterocycles. The molecule has 0 aromatic heterocycles. The first kappa shape index (κ1) is 19.9. The average molecular weight is 388 g/mol. The summed E-state index contributed by atoms with van der Waals surface area (Å²) in [5, 5.41) is 2.85. The molecule has 6 nitrogen and oxygen atoms in total. The summed E-state index contributed by atoms with van der Waals surface area (Å²) in [7, 11) is 3.15. The van der Waals surface area contributed by atoms with Gasteiger partial charge in [-0.2, -0.15) is 0 Å². The summed E-state index contributed by atoms with van der Waals surface area (Å²) in [5.74, 6) is 0.716. The van der Waals surface area contributed by atoms with Gasteiger partial charge in [-0.05, 0) is 42.3 Å². The van der Waals surface area contributed by atoms with Crippen LogP contribution in [0.15, 0.2) is 36.4 Å². The Morgan fingerprint density at radius 1 is 1.11 bits per heavy atom. The second-order valence-corrected chi connectivity index (χ2v) is 6.50. The summed E-state index contributed by atoms with van der Waals surface area (Å²) in [5.41, 5.74) is 2.25. The highest BCUT2D eigenvalue weighted by atomic mass is 19.1. The first-order valence-corrected chi connectivity index (χ1v) is 9.23. The average Bonchev–Trinajstić information content (AvgIpc) is 2.72. The third-order valence-electron chi connectivity index (χ3n) is 4.67. The lowest BCUT2D eigenvalue weighted by Crippen LogP contribution is -2.36. The van der Waals surface area contributed by atoms with Crippen LogP contribution in [0.5, 0.6) is 11.5 Å². The first-order valence-electron chi connectivity index (χ1n) is 9.23. The minimum atomic E-state index is -0.382. The third kappa shape index (κ3) is 4.92. The number of benzene rings is 2. The van der Waals surface area contributed by atoms with Gasteiger partial charge in [0.05, 0.1) is 38.8 Å². The highest BCUT2D eigenvalue weighted by Gasteiger charge is 2.17. The smallest absolute Gasteiger partial charge is 0.224 e. The van der Waals surface area contributed by atoms with Crippen molar-refractivity contribution in [1.29, 1.82) is 0 Å². The van der Waals surface area contributed by atoms with Crippen molar-refractivity contribution in [1.82, 2.24) is 0 Å². The number of carbonyl (C=O) groups excluding carboxylic acids is 1. The van der Waals surface area contributed by atoms with Crippen molar-refractivity contribution < 1.29 is 23.4 Å². The molecule has 2 aromatic carbocycles. The highest BCUT2D eigenvalue weighted by molar-refractivity contribution is 5.94. The topological polar surface area (TPSA) is 60.0 Å². The Kier molecular flexibility index (Phi) is 6.71. The summed E-state index contributed by atoms with van der Waals surface area (Å²) in [4.78, 5) is 14.6. The van der Waals surface area contributed by atoms with E-state index in [4.69, 9.17) is 14.2 Å². The number of hydrogen-bond donors (Lipinski definition) is 1. The third-order valence-corrected chi connectivity index (χ3v) is 4.67. The Hall–Kier alpha value is -2.80. The van der Waals surface area contributed by atoms with Gasteiger partial charge in [-0.15, -0.1) is 0 Å². The van der Waals surface area contributed by atoms with Crippen molar-refractivity contribution in [3.8, 4) is 11.5 Å². The Bertz CT molecular complexity index is 822. The molecule has 1 amide bonds. The molecular weight excluding hydrogens is 363 g/mol. The van der Waals surface area contributed by atoms with Crippen molar-refractivity contribution >= 4 is 17.3 Å². The SMILES string of the molecule is COc1ccc(CCC(=O)Nc2cc(F)ccc2N2CCOCC2)cc1OC. The zero-order valence-electron chi connectivity index (χ0n) is 16.2. The molecule has 0 atom stereocenters. The monoisotopic (exact) mass is 388 g/mol. The van der Waals surface area contributed by atoms with E-state index in [0.717, 1.165) is 11.3 Å². The fourth-order valence-electron chi connectivity index (χ4n) is 3.20. The minimum Gasteiger partial charge on any atom is -0.493 e. The van der Waals surface area contributed by atoms with Crippen molar-refractivity contribution in [2.75, 3.05) is 50.7 Å². The summed E-state index contributed by atoms with van der Waals surface area (Å²) in [6, 6.07) is 10.0. The normalized spacial score (nSPS) is 13.9. The summed E-state index contributed by atoms with van der Waals surface area (Å²) < 4.78 is 29.6. The number of nitrogens with one attached hydrogen (secondary N) is 1. The molecule has 0 aliphatic carbocycles. The number of carbonyl (C=O) groups is 1. The lowest BCUT2D eigenvalue weighted by molar-refractivity contribution is -0.116. The van der Waals surface area contributed by atoms with Gasteiger partial charge >= 0.3 is 0 Å². The largest absolute Gasteiger partial charge is 0.493 e. The lowest BCUT2D eigenvalue weighted by atomic mass is 10.1. The van der Waals surface area contributed by atoms with Gasteiger partial charge in [0.15, 0.2) is 11.5 Å². The number of anilines is 2. The molecule has 1 N–H and O–H groups in total. The van der Waals surface area contributed by atoms with Crippen LogP contribution in [0.3, 0.4) is 0 Å². The molecule has 0 bridgehead atoms. The van der Waals surface area contributed by atoms with Gasteiger partial charge in [0.25, 0.3) is 0 Å². The number of hydrogen-bond acceptors (Lipinski definition) is 5. The van der Waals surface area contributed by atoms with Crippen LogP contribution in [0.2, 0.25) is 0 Å². The van der Waals surface area contributed by atoms with E-state index < -0.39 is 0 Å². The van der Waals surface area contributed by atoms with Crippen LogP contribution in [-0.2, 0) is 16.0 Å². The molecule has 0 radical (unpaired) electrons. The Labute approximate surface area is 164 Å². The molecule has 150 valence electrons. The molecule has 3 rings (SSSR count). The van der Waals surface area contributed by atoms with Gasteiger partial charge < -0.3 is 24.4 Å². The maximum absolute atomic E-state index is 13.8. The van der Waals surface area contributed by atoms with E-state index in [0.29, 0.717) is 49.9 Å². The maximum Gasteiger partial charge on any atom is 0.224 e. The van der Waals surface area contributed by atoms with Crippen LogP contribution in [0.25, 0.3) is 0 Å². The van der Waals surface area contributed by atoms with E-state index in [1.165, 1.54) is 12.1 Å². The van der Waals surface area contributed by atoms with Crippen LogP contribution in [0, 0.1) is 5.82 Å². The number of morpholine rings is 1. The molecule has 1 aliphatic heterocycles. The predicted octanol–water partition coefficient (Wildman–Crippen LogP) is 3.25. The molecule has 1 heterocycles. The summed E-state index contributed by atoms with van der Waals surface area (Å²) >= 11 is 0. The van der Waals surface area contributed by atoms with Crippen LogP contribution in [-0.4, -0.2) is 46.4 Å². The minimum absolute atomic E-state index is 0.171. The quantitative estimate of drug-likeness (QED) is 0.789. The second-order valence-electron chi connectivity index (χ2n) is 6.50. The van der Waals surface area contributed by atoms with Crippen LogP contribution in [0.1, 0.15) is 12.0 Å². The number of aryl methyl sites for hydroxylation is 1. The fraction of sp³-hybridized carbons (Fsp3) is 0.381. The van der Waals surface area contributed by atoms with E-state index in [1.54, 1.807) is 20.3 Å². The van der Waals surface area contributed by atoms with Crippen LogP contribution < -0.4 is 19.7 Å². The molecule has 1 fully saturated rings. The maximum atomic E-state index is 13.8. The van der Waals surface area contributed by atoms with Crippen molar-refractivity contribution in [2.24, 2.45) is 0 Å². The van der Waals surface area contributed by atoms with E-state index in [-0.39, 0.29) is 18.1 Å². The fourth-order valence-corrected chi connectivity index (χ4v) is 3.20. The number of halogens is 1. The number of rotatable bonds is 7.